The summed E-state index contributed by atoms with van der Waals surface area (Å²) < 4.78 is 44.7. The molecule has 0 saturated carbocycles. The Hall–Kier alpha value is -1.31. The van der Waals surface area contributed by atoms with Crippen LogP contribution in [0.5, 0.6) is 0 Å². The molecule has 126 valence electrons. The molecular formula is C14H20F3NO4. The van der Waals surface area contributed by atoms with Crippen LogP contribution in [0.2, 0.25) is 0 Å². The molecule has 1 amide bonds. The summed E-state index contributed by atoms with van der Waals surface area (Å²) in [7, 11) is 0. The first-order valence-corrected chi connectivity index (χ1v) is 7.39. The van der Waals surface area contributed by atoms with Crippen LogP contribution in [0.25, 0.3) is 0 Å². The van der Waals surface area contributed by atoms with E-state index in [1.165, 1.54) is 0 Å². The number of likely N-dealkylation sites (tertiary alicyclic amines) is 1. The van der Waals surface area contributed by atoms with Crippen molar-refractivity contribution in [2.24, 2.45) is 5.41 Å². The lowest BCUT2D eigenvalue weighted by Crippen LogP contribution is -2.47. The highest BCUT2D eigenvalue weighted by Gasteiger charge is 2.64. The third-order valence-corrected chi connectivity index (χ3v) is 4.57. The second kappa shape index (κ2) is 6.06. The molecule has 2 rings (SSSR count). The number of ether oxygens (including phenoxy) is 1. The number of halogens is 3. The van der Waals surface area contributed by atoms with Crippen molar-refractivity contribution in [3.8, 4) is 0 Å². The lowest BCUT2D eigenvalue weighted by Gasteiger charge is -2.27. The monoisotopic (exact) mass is 323 g/mol. The van der Waals surface area contributed by atoms with Gasteiger partial charge in [0.25, 0.3) is 0 Å². The van der Waals surface area contributed by atoms with Crippen LogP contribution in [0.3, 0.4) is 0 Å². The fourth-order valence-corrected chi connectivity index (χ4v) is 3.09. The molecule has 0 aliphatic carbocycles. The van der Waals surface area contributed by atoms with Crippen molar-refractivity contribution in [1.82, 2.24) is 4.90 Å². The molecule has 2 fully saturated rings. The molecule has 1 N–H and O–H groups in total. The van der Waals surface area contributed by atoms with Gasteiger partial charge >= 0.3 is 12.1 Å². The Bertz CT molecular complexity index is 454. The summed E-state index contributed by atoms with van der Waals surface area (Å²) in [6.07, 6.45) is -3.03. The van der Waals surface area contributed by atoms with Crippen molar-refractivity contribution in [2.75, 3.05) is 13.1 Å². The highest BCUT2D eigenvalue weighted by molar-refractivity contribution is 5.81. The number of carboxylic acid groups (broad SMARTS) is 1. The largest absolute Gasteiger partial charge is 0.481 e. The van der Waals surface area contributed by atoms with Gasteiger partial charge in [-0.1, -0.05) is 0 Å². The smallest absolute Gasteiger partial charge is 0.406 e. The first-order chi connectivity index (χ1) is 10.2. The van der Waals surface area contributed by atoms with Crippen LogP contribution in [0, 0.1) is 5.41 Å². The Balaban J connectivity index is 1.91. The van der Waals surface area contributed by atoms with Gasteiger partial charge in [0.15, 0.2) is 5.41 Å². The molecular weight excluding hydrogens is 303 g/mol. The van der Waals surface area contributed by atoms with E-state index in [-0.39, 0.29) is 25.2 Å². The van der Waals surface area contributed by atoms with E-state index in [1.807, 2.05) is 6.92 Å². The molecule has 5 nitrogen and oxygen atoms in total. The summed E-state index contributed by atoms with van der Waals surface area (Å²) in [5.41, 5.74) is -2.83. The van der Waals surface area contributed by atoms with Crippen molar-refractivity contribution in [3.63, 3.8) is 0 Å². The maximum absolute atomic E-state index is 13.0. The number of carboxylic acids is 1. The predicted molar refractivity (Wildman–Crippen MR) is 70.1 cm³/mol. The van der Waals surface area contributed by atoms with E-state index < -0.39 is 36.4 Å². The summed E-state index contributed by atoms with van der Waals surface area (Å²) in [5, 5.41) is 8.95. The number of alkyl halides is 3. The molecule has 2 heterocycles. The van der Waals surface area contributed by atoms with Crippen molar-refractivity contribution in [3.05, 3.63) is 0 Å². The number of carbonyl (C=O) groups excluding carboxylic acids is 1. The van der Waals surface area contributed by atoms with Gasteiger partial charge in [0.05, 0.1) is 12.2 Å². The van der Waals surface area contributed by atoms with Crippen LogP contribution in [-0.2, 0) is 14.3 Å². The quantitative estimate of drug-likeness (QED) is 0.861. The topological polar surface area (TPSA) is 66.8 Å². The summed E-state index contributed by atoms with van der Waals surface area (Å²) >= 11 is 0. The third kappa shape index (κ3) is 3.21. The molecule has 0 aromatic heterocycles. The average Bonchev–Trinajstić information content (AvgIpc) is 3.02. The molecule has 2 aliphatic rings. The highest BCUT2D eigenvalue weighted by atomic mass is 19.4. The fraction of sp³-hybridized carbons (Fsp3) is 0.857. The predicted octanol–water partition coefficient (Wildman–Crippen LogP) is 2.20. The first kappa shape index (κ1) is 17.1. The maximum Gasteiger partial charge on any atom is 0.406 e. The molecule has 3 unspecified atom stereocenters. The Kier molecular flexibility index (Phi) is 4.70. The molecule has 8 heteroatoms. The number of hydrogen-bond acceptors (Lipinski definition) is 3. The summed E-state index contributed by atoms with van der Waals surface area (Å²) in [6.45, 7) is 0.964. The second-order valence-corrected chi connectivity index (χ2v) is 6.14. The minimum Gasteiger partial charge on any atom is -0.481 e. The van der Waals surface area contributed by atoms with Gasteiger partial charge in [-0.25, -0.2) is 0 Å². The zero-order valence-corrected chi connectivity index (χ0v) is 12.4. The molecule has 0 radical (unpaired) electrons. The zero-order chi connectivity index (χ0) is 16.5. The van der Waals surface area contributed by atoms with Crippen LogP contribution in [0.1, 0.15) is 39.0 Å². The summed E-state index contributed by atoms with van der Waals surface area (Å²) in [5.74, 6) is -2.35. The van der Waals surface area contributed by atoms with Crippen molar-refractivity contribution >= 4 is 11.9 Å². The Morgan fingerprint density at radius 3 is 2.50 bits per heavy atom. The van der Waals surface area contributed by atoms with E-state index in [9.17, 15) is 22.8 Å². The van der Waals surface area contributed by atoms with E-state index in [4.69, 9.17) is 9.84 Å². The van der Waals surface area contributed by atoms with Crippen LogP contribution in [-0.4, -0.2) is 53.4 Å². The van der Waals surface area contributed by atoms with E-state index >= 15 is 0 Å². The van der Waals surface area contributed by atoms with E-state index in [0.717, 1.165) is 17.7 Å². The standard InChI is InChI=1S/C14H20F3NO4/c1-9-2-3-10(22-9)4-5-11(19)18-7-6-13(8-18,12(20)21)14(15,16)17/h9-10H,2-8H2,1H3,(H,20,21). The van der Waals surface area contributed by atoms with E-state index in [1.54, 1.807) is 0 Å². The zero-order valence-electron chi connectivity index (χ0n) is 12.4. The molecule has 0 aromatic carbocycles. The lowest BCUT2D eigenvalue weighted by molar-refractivity contribution is -0.227. The van der Waals surface area contributed by atoms with Gasteiger partial charge in [-0.3, -0.25) is 9.59 Å². The highest BCUT2D eigenvalue weighted by Crippen LogP contribution is 2.45. The number of rotatable bonds is 4. The first-order valence-electron chi connectivity index (χ1n) is 7.39. The molecule has 2 saturated heterocycles. The van der Waals surface area contributed by atoms with Gasteiger partial charge < -0.3 is 14.7 Å². The fourth-order valence-electron chi connectivity index (χ4n) is 3.09. The summed E-state index contributed by atoms with van der Waals surface area (Å²) in [6, 6.07) is 0. The third-order valence-electron chi connectivity index (χ3n) is 4.57. The van der Waals surface area contributed by atoms with Crippen molar-refractivity contribution in [2.45, 2.75) is 57.4 Å². The Morgan fingerprint density at radius 2 is 2.05 bits per heavy atom. The van der Waals surface area contributed by atoms with Gasteiger partial charge in [0.2, 0.25) is 5.91 Å². The Morgan fingerprint density at radius 1 is 1.36 bits per heavy atom. The van der Waals surface area contributed by atoms with Gasteiger partial charge in [-0.15, -0.1) is 0 Å². The number of nitrogens with zero attached hydrogens (tertiary/aromatic N) is 1. The molecule has 22 heavy (non-hydrogen) atoms. The lowest BCUT2D eigenvalue weighted by atomic mass is 9.86. The van der Waals surface area contributed by atoms with Crippen LogP contribution in [0.15, 0.2) is 0 Å². The number of carbonyl (C=O) groups is 2. The molecule has 0 spiro atoms. The SMILES string of the molecule is CC1CCC(CCC(=O)N2CCC(C(=O)O)(C(F)(F)F)C2)O1. The van der Waals surface area contributed by atoms with Crippen LogP contribution < -0.4 is 0 Å². The van der Waals surface area contributed by atoms with Crippen molar-refractivity contribution < 1.29 is 32.6 Å². The second-order valence-electron chi connectivity index (χ2n) is 6.14. The Labute approximate surface area is 126 Å². The normalized spacial score (nSPS) is 32.5. The van der Waals surface area contributed by atoms with Crippen LogP contribution >= 0.6 is 0 Å². The minimum absolute atomic E-state index is 0.0339. The number of amides is 1. The van der Waals surface area contributed by atoms with Gasteiger partial charge in [0, 0.05) is 19.5 Å². The van der Waals surface area contributed by atoms with Gasteiger partial charge in [-0.2, -0.15) is 13.2 Å². The van der Waals surface area contributed by atoms with Crippen molar-refractivity contribution in [1.29, 1.82) is 0 Å². The summed E-state index contributed by atoms with van der Waals surface area (Å²) in [4.78, 5) is 24.1. The molecule has 2 aliphatic heterocycles. The van der Waals surface area contributed by atoms with E-state index in [0.29, 0.717) is 6.42 Å². The molecule has 0 bridgehead atoms. The molecule has 3 atom stereocenters. The average molecular weight is 323 g/mol. The van der Waals surface area contributed by atoms with Gasteiger partial charge in [-0.05, 0) is 32.6 Å². The maximum atomic E-state index is 13.0. The van der Waals surface area contributed by atoms with Crippen LogP contribution in [0.4, 0.5) is 13.2 Å². The van der Waals surface area contributed by atoms with E-state index in [2.05, 4.69) is 0 Å². The number of aliphatic carboxylic acids is 1. The number of hydrogen-bond donors (Lipinski definition) is 1. The minimum atomic E-state index is -4.86. The molecule has 0 aromatic rings. The van der Waals surface area contributed by atoms with Gasteiger partial charge in [0.1, 0.15) is 0 Å².